The molecule has 6 nitrogen and oxygen atoms in total. The number of hydrogen-bond donors (Lipinski definition) is 0. The Bertz CT molecular complexity index is 730. The second-order valence-corrected chi connectivity index (χ2v) is 7.98. The van der Waals surface area contributed by atoms with Crippen molar-refractivity contribution in [3.05, 3.63) is 11.5 Å². The summed E-state index contributed by atoms with van der Waals surface area (Å²) in [6.45, 7) is 5.71. The molecule has 2 aromatic rings. The van der Waals surface area contributed by atoms with Crippen molar-refractivity contribution in [2.75, 3.05) is 11.5 Å². The Balaban J connectivity index is 2.51. The first-order valence-corrected chi connectivity index (χ1v) is 8.76. The van der Waals surface area contributed by atoms with Crippen molar-refractivity contribution < 1.29 is 8.42 Å². The number of hydrogen-bond acceptors (Lipinski definition) is 4. The maximum atomic E-state index is 11.7. The zero-order valence-electron chi connectivity index (χ0n) is 12.1. The Hall–Kier alpha value is -1.08. The highest BCUT2D eigenvalue weighted by Crippen LogP contribution is 2.26. The van der Waals surface area contributed by atoms with E-state index in [1.54, 1.807) is 11.6 Å². The van der Waals surface area contributed by atoms with Gasteiger partial charge in [0.2, 0.25) is 0 Å². The maximum Gasteiger partial charge on any atom is 0.158 e. The van der Waals surface area contributed by atoms with Gasteiger partial charge in [0.05, 0.1) is 16.8 Å². The summed E-state index contributed by atoms with van der Waals surface area (Å²) < 4.78 is 27.0. The SMILES string of the molecule is CCS(=O)(=O)CCn1c(C(C)Cl)nc2c(C)nn(C)c21. The van der Waals surface area contributed by atoms with E-state index in [2.05, 4.69) is 10.1 Å². The summed E-state index contributed by atoms with van der Waals surface area (Å²) in [4.78, 5) is 4.51. The molecule has 0 aliphatic carbocycles. The maximum absolute atomic E-state index is 11.7. The van der Waals surface area contributed by atoms with Crippen molar-refractivity contribution in [2.45, 2.75) is 32.7 Å². The minimum absolute atomic E-state index is 0.0792. The van der Waals surface area contributed by atoms with E-state index >= 15 is 0 Å². The number of nitrogens with zero attached hydrogens (tertiary/aromatic N) is 4. The third-order valence-electron chi connectivity index (χ3n) is 3.34. The molecule has 0 saturated carbocycles. The largest absolute Gasteiger partial charge is 0.311 e. The van der Waals surface area contributed by atoms with Crippen LogP contribution in [0.5, 0.6) is 0 Å². The molecule has 20 heavy (non-hydrogen) atoms. The van der Waals surface area contributed by atoms with Gasteiger partial charge in [-0.2, -0.15) is 5.10 Å². The van der Waals surface area contributed by atoms with Crippen LogP contribution in [0.15, 0.2) is 0 Å². The first kappa shape index (κ1) is 15.3. The third-order valence-corrected chi connectivity index (χ3v) is 5.22. The van der Waals surface area contributed by atoms with E-state index in [-0.39, 0.29) is 16.9 Å². The van der Waals surface area contributed by atoms with Crippen molar-refractivity contribution >= 4 is 32.6 Å². The van der Waals surface area contributed by atoms with E-state index in [9.17, 15) is 8.42 Å². The van der Waals surface area contributed by atoms with Crippen LogP contribution in [0.25, 0.3) is 11.2 Å². The molecule has 2 aromatic heterocycles. The summed E-state index contributed by atoms with van der Waals surface area (Å²) in [6.07, 6.45) is 0. The molecule has 0 N–H and O–H groups in total. The van der Waals surface area contributed by atoms with Gasteiger partial charge >= 0.3 is 0 Å². The van der Waals surface area contributed by atoms with Crippen molar-refractivity contribution in [3.8, 4) is 0 Å². The van der Waals surface area contributed by atoms with Gasteiger partial charge in [-0.25, -0.2) is 13.4 Å². The topological polar surface area (TPSA) is 69.8 Å². The zero-order valence-corrected chi connectivity index (χ0v) is 13.7. The first-order chi connectivity index (χ1) is 9.26. The zero-order chi connectivity index (χ0) is 15.1. The van der Waals surface area contributed by atoms with Crippen LogP contribution >= 0.6 is 11.6 Å². The molecule has 1 atom stereocenters. The summed E-state index contributed by atoms with van der Waals surface area (Å²) in [5.41, 5.74) is 2.42. The van der Waals surface area contributed by atoms with Crippen LogP contribution in [0, 0.1) is 6.92 Å². The van der Waals surface area contributed by atoms with Crippen molar-refractivity contribution in [3.63, 3.8) is 0 Å². The van der Waals surface area contributed by atoms with Crippen molar-refractivity contribution in [2.24, 2.45) is 7.05 Å². The number of halogens is 1. The van der Waals surface area contributed by atoms with Gasteiger partial charge in [-0.05, 0) is 13.8 Å². The molecule has 8 heteroatoms. The van der Waals surface area contributed by atoms with E-state index in [0.29, 0.717) is 12.4 Å². The fourth-order valence-electron chi connectivity index (χ4n) is 2.25. The average Bonchev–Trinajstić information content (AvgIpc) is 2.87. The van der Waals surface area contributed by atoms with Crippen LogP contribution in [0.2, 0.25) is 0 Å². The van der Waals surface area contributed by atoms with Gasteiger partial charge < -0.3 is 4.57 Å². The molecule has 2 rings (SSSR count). The lowest BCUT2D eigenvalue weighted by Gasteiger charge is -2.10. The van der Waals surface area contributed by atoms with Crippen molar-refractivity contribution in [1.82, 2.24) is 19.3 Å². The van der Waals surface area contributed by atoms with E-state index in [0.717, 1.165) is 16.9 Å². The summed E-state index contributed by atoms with van der Waals surface area (Å²) in [5, 5.41) is 4.03. The lowest BCUT2D eigenvalue weighted by Crippen LogP contribution is -2.17. The standard InChI is InChI=1S/C12H19ClN4O2S/c1-5-20(18,19)7-6-17-11(8(2)13)14-10-9(3)15-16(4)12(10)17/h8H,5-7H2,1-4H3. The number of imidazole rings is 1. The molecule has 0 radical (unpaired) electrons. The quantitative estimate of drug-likeness (QED) is 0.788. The average molecular weight is 319 g/mol. The molecule has 0 aromatic carbocycles. The van der Waals surface area contributed by atoms with Gasteiger partial charge in [-0.15, -0.1) is 11.6 Å². The first-order valence-electron chi connectivity index (χ1n) is 6.51. The molecule has 0 fully saturated rings. The summed E-state index contributed by atoms with van der Waals surface area (Å²) >= 11 is 6.16. The molecule has 0 bridgehead atoms. The summed E-state index contributed by atoms with van der Waals surface area (Å²) in [7, 11) is -1.21. The highest BCUT2D eigenvalue weighted by atomic mass is 35.5. The number of sulfone groups is 1. The number of aryl methyl sites for hydroxylation is 3. The second-order valence-electron chi connectivity index (χ2n) is 4.86. The molecule has 0 aliphatic rings. The van der Waals surface area contributed by atoms with E-state index in [4.69, 9.17) is 11.6 Å². The fraction of sp³-hybridized carbons (Fsp3) is 0.667. The number of rotatable bonds is 5. The Labute approximate surface area is 123 Å². The molecular formula is C12H19ClN4O2S. The highest BCUT2D eigenvalue weighted by Gasteiger charge is 2.21. The number of aromatic nitrogens is 4. The molecule has 0 amide bonds. The van der Waals surface area contributed by atoms with Crippen LogP contribution in [0.3, 0.4) is 0 Å². The van der Waals surface area contributed by atoms with Crippen LogP contribution in [-0.4, -0.2) is 39.3 Å². The van der Waals surface area contributed by atoms with E-state index in [1.165, 1.54) is 0 Å². The van der Waals surface area contributed by atoms with Gasteiger partial charge in [-0.1, -0.05) is 6.92 Å². The minimum atomic E-state index is -3.03. The van der Waals surface area contributed by atoms with Crippen LogP contribution < -0.4 is 0 Å². The van der Waals surface area contributed by atoms with E-state index < -0.39 is 9.84 Å². The fourth-order valence-corrected chi connectivity index (χ4v) is 3.17. The molecule has 0 spiro atoms. The Morgan fingerprint density at radius 1 is 1.40 bits per heavy atom. The van der Waals surface area contributed by atoms with Crippen LogP contribution in [0.4, 0.5) is 0 Å². The highest BCUT2D eigenvalue weighted by molar-refractivity contribution is 7.91. The molecule has 0 aliphatic heterocycles. The summed E-state index contributed by atoms with van der Waals surface area (Å²) in [6, 6.07) is 0. The van der Waals surface area contributed by atoms with Crippen LogP contribution in [0.1, 0.15) is 30.7 Å². The van der Waals surface area contributed by atoms with Gasteiger partial charge in [0.1, 0.15) is 11.3 Å². The lowest BCUT2D eigenvalue weighted by atomic mass is 10.4. The van der Waals surface area contributed by atoms with Crippen LogP contribution in [-0.2, 0) is 23.4 Å². The molecule has 112 valence electrons. The molecule has 1 unspecified atom stereocenters. The Morgan fingerprint density at radius 2 is 2.05 bits per heavy atom. The number of fused-ring (bicyclic) bond motifs is 1. The predicted molar refractivity (Wildman–Crippen MR) is 79.8 cm³/mol. The van der Waals surface area contributed by atoms with Gasteiger partial charge in [-0.3, -0.25) is 4.68 Å². The Morgan fingerprint density at radius 3 is 2.60 bits per heavy atom. The van der Waals surface area contributed by atoms with Gasteiger partial charge in [0.25, 0.3) is 0 Å². The van der Waals surface area contributed by atoms with Gasteiger partial charge in [0, 0.05) is 19.3 Å². The predicted octanol–water partition coefficient (Wildman–Crippen LogP) is 1.81. The molecular weight excluding hydrogens is 300 g/mol. The normalized spacial score (nSPS) is 14.1. The van der Waals surface area contributed by atoms with Gasteiger partial charge in [0.15, 0.2) is 15.5 Å². The lowest BCUT2D eigenvalue weighted by molar-refractivity contribution is 0.586. The monoisotopic (exact) mass is 318 g/mol. The van der Waals surface area contributed by atoms with E-state index in [1.807, 2.05) is 25.5 Å². The number of alkyl halides is 1. The van der Waals surface area contributed by atoms with Crippen molar-refractivity contribution in [1.29, 1.82) is 0 Å². The summed E-state index contributed by atoms with van der Waals surface area (Å²) in [5.74, 6) is 0.903. The molecule has 0 saturated heterocycles. The minimum Gasteiger partial charge on any atom is -0.311 e. The Kier molecular flexibility index (Phi) is 4.11. The second kappa shape index (κ2) is 5.37. The molecule has 2 heterocycles. The third kappa shape index (κ3) is 2.69. The smallest absolute Gasteiger partial charge is 0.158 e.